The van der Waals surface area contributed by atoms with Gasteiger partial charge in [-0.1, -0.05) is 12.1 Å². The summed E-state index contributed by atoms with van der Waals surface area (Å²) < 4.78 is 40.9. The van der Waals surface area contributed by atoms with Gasteiger partial charge in [-0.25, -0.2) is 12.8 Å². The lowest BCUT2D eigenvalue weighted by Crippen LogP contribution is -2.35. The average Bonchev–Trinajstić information content (AvgIpc) is 3.09. The van der Waals surface area contributed by atoms with Crippen molar-refractivity contribution in [2.24, 2.45) is 0 Å². The van der Waals surface area contributed by atoms with Crippen molar-refractivity contribution in [1.82, 2.24) is 0 Å². The summed E-state index contributed by atoms with van der Waals surface area (Å²) in [7, 11) is -3.88. The summed E-state index contributed by atoms with van der Waals surface area (Å²) in [4.78, 5) is 24.3. The van der Waals surface area contributed by atoms with Crippen LogP contribution in [0.4, 0.5) is 15.8 Å². The minimum absolute atomic E-state index is 0.00535. The predicted molar refractivity (Wildman–Crippen MR) is 120 cm³/mol. The molecule has 0 aliphatic carbocycles. The van der Waals surface area contributed by atoms with E-state index in [2.05, 4.69) is 5.32 Å². The minimum atomic E-state index is -3.88. The third kappa shape index (κ3) is 4.01. The summed E-state index contributed by atoms with van der Waals surface area (Å²) in [6.45, 7) is 3.24. The smallest absolute Gasteiger partial charge is 0.264 e. The van der Waals surface area contributed by atoms with E-state index in [9.17, 15) is 22.4 Å². The molecule has 0 bridgehead atoms. The number of carbonyl (C=O) groups is 2. The Kier molecular flexibility index (Phi) is 5.56. The first-order valence-electron chi connectivity index (χ1n) is 10.0. The molecule has 0 saturated carbocycles. The number of anilines is 2. The van der Waals surface area contributed by atoms with Gasteiger partial charge < -0.3 is 5.32 Å². The molecule has 0 spiro atoms. The Morgan fingerprint density at radius 1 is 1.00 bits per heavy atom. The molecule has 8 heteroatoms. The van der Waals surface area contributed by atoms with E-state index >= 15 is 0 Å². The zero-order valence-corrected chi connectivity index (χ0v) is 18.3. The van der Waals surface area contributed by atoms with Gasteiger partial charge in [0.05, 0.1) is 10.6 Å². The molecule has 1 heterocycles. The fourth-order valence-corrected chi connectivity index (χ4v) is 5.54. The molecule has 3 aromatic rings. The van der Waals surface area contributed by atoms with E-state index in [0.29, 0.717) is 28.9 Å². The number of nitrogens with one attached hydrogen (secondary N) is 1. The van der Waals surface area contributed by atoms with Crippen LogP contribution in [0.2, 0.25) is 0 Å². The maximum Gasteiger partial charge on any atom is 0.264 e. The van der Waals surface area contributed by atoms with Crippen LogP contribution >= 0.6 is 0 Å². The first kappa shape index (κ1) is 21.7. The van der Waals surface area contributed by atoms with Crippen LogP contribution in [0, 0.1) is 5.82 Å². The first-order valence-corrected chi connectivity index (χ1v) is 11.5. The van der Waals surface area contributed by atoms with Gasteiger partial charge in [-0.05, 0) is 80.4 Å². The number of ketones is 1. The van der Waals surface area contributed by atoms with Crippen LogP contribution in [0.5, 0.6) is 0 Å². The number of rotatable bonds is 5. The fourth-order valence-electron chi connectivity index (χ4n) is 3.85. The van der Waals surface area contributed by atoms with Crippen LogP contribution in [0.3, 0.4) is 0 Å². The van der Waals surface area contributed by atoms with Crippen molar-refractivity contribution in [3.05, 3.63) is 89.2 Å². The second-order valence-corrected chi connectivity index (χ2v) is 9.56. The molecule has 32 heavy (non-hydrogen) atoms. The third-order valence-electron chi connectivity index (χ3n) is 5.39. The van der Waals surface area contributed by atoms with Gasteiger partial charge in [0.15, 0.2) is 5.78 Å². The second-order valence-electron chi connectivity index (χ2n) is 7.74. The highest BCUT2D eigenvalue weighted by atomic mass is 32.2. The summed E-state index contributed by atoms with van der Waals surface area (Å²) in [6.07, 6.45) is 0.441. The van der Waals surface area contributed by atoms with Crippen LogP contribution in [0.1, 0.15) is 40.1 Å². The predicted octanol–water partition coefficient (Wildman–Crippen LogP) is 4.42. The van der Waals surface area contributed by atoms with E-state index in [1.807, 2.05) is 0 Å². The second kappa shape index (κ2) is 8.20. The van der Waals surface area contributed by atoms with Gasteiger partial charge in [0, 0.05) is 22.9 Å². The molecular weight excluding hydrogens is 431 g/mol. The Balaban J connectivity index is 1.61. The number of amides is 1. The molecule has 0 aromatic heterocycles. The number of halogens is 1. The number of sulfonamides is 1. The van der Waals surface area contributed by atoms with Crippen molar-refractivity contribution in [3.8, 4) is 0 Å². The van der Waals surface area contributed by atoms with E-state index in [0.717, 1.165) is 17.7 Å². The van der Waals surface area contributed by atoms with Crippen LogP contribution in [-0.4, -0.2) is 26.2 Å². The molecule has 0 fully saturated rings. The number of Topliss-reactive ketones (excluding diaryl/α,β-unsaturated/α-hetero) is 1. The Hall–Kier alpha value is -3.52. The molecule has 1 aliphatic rings. The molecule has 1 atom stereocenters. The Bertz CT molecular complexity index is 1320. The molecule has 1 aliphatic heterocycles. The Labute approximate surface area is 185 Å². The third-order valence-corrected chi connectivity index (χ3v) is 7.33. The van der Waals surface area contributed by atoms with E-state index in [1.54, 1.807) is 49.4 Å². The van der Waals surface area contributed by atoms with Gasteiger partial charge in [-0.3, -0.25) is 13.9 Å². The quantitative estimate of drug-likeness (QED) is 0.581. The monoisotopic (exact) mass is 452 g/mol. The van der Waals surface area contributed by atoms with Crippen LogP contribution in [-0.2, 0) is 16.4 Å². The van der Waals surface area contributed by atoms with Crippen molar-refractivity contribution in [2.45, 2.75) is 31.2 Å². The highest BCUT2D eigenvalue weighted by molar-refractivity contribution is 7.92. The van der Waals surface area contributed by atoms with Crippen LogP contribution in [0.15, 0.2) is 71.6 Å². The lowest BCUT2D eigenvalue weighted by atomic mass is 10.1. The van der Waals surface area contributed by atoms with Gasteiger partial charge in [-0.15, -0.1) is 0 Å². The summed E-state index contributed by atoms with van der Waals surface area (Å²) in [5.41, 5.74) is 2.60. The largest absolute Gasteiger partial charge is 0.322 e. The molecule has 0 radical (unpaired) electrons. The Morgan fingerprint density at radius 2 is 1.72 bits per heavy atom. The van der Waals surface area contributed by atoms with Gasteiger partial charge in [0.2, 0.25) is 0 Å². The normalized spacial score (nSPS) is 15.3. The maximum absolute atomic E-state index is 13.2. The lowest BCUT2D eigenvalue weighted by molar-refractivity contribution is 0.101. The first-order chi connectivity index (χ1) is 15.2. The maximum atomic E-state index is 13.2. The molecule has 3 aromatic carbocycles. The summed E-state index contributed by atoms with van der Waals surface area (Å²) in [6, 6.07) is 15.9. The van der Waals surface area contributed by atoms with E-state index < -0.39 is 15.8 Å². The van der Waals surface area contributed by atoms with Crippen LogP contribution < -0.4 is 9.62 Å². The van der Waals surface area contributed by atoms with Gasteiger partial charge in [0.1, 0.15) is 5.82 Å². The molecule has 164 valence electrons. The molecule has 1 amide bonds. The summed E-state index contributed by atoms with van der Waals surface area (Å²) in [5, 5.41) is 2.77. The summed E-state index contributed by atoms with van der Waals surface area (Å²) in [5.74, 6) is -0.973. The van der Waals surface area contributed by atoms with E-state index in [1.165, 1.54) is 23.4 Å². The number of hydrogen-bond acceptors (Lipinski definition) is 4. The molecule has 0 saturated heterocycles. The molecule has 1 N–H and O–H groups in total. The van der Waals surface area contributed by atoms with Crippen molar-refractivity contribution in [3.63, 3.8) is 0 Å². The zero-order valence-electron chi connectivity index (χ0n) is 17.5. The number of carbonyl (C=O) groups excluding carboxylic acids is 2. The summed E-state index contributed by atoms with van der Waals surface area (Å²) >= 11 is 0. The van der Waals surface area contributed by atoms with Crippen molar-refractivity contribution >= 4 is 33.1 Å². The number of hydrogen-bond donors (Lipinski definition) is 1. The number of fused-ring (bicyclic) bond motifs is 1. The van der Waals surface area contributed by atoms with E-state index in [4.69, 9.17) is 0 Å². The fraction of sp³-hybridized carbons (Fsp3) is 0.167. The van der Waals surface area contributed by atoms with Crippen molar-refractivity contribution in [1.29, 1.82) is 0 Å². The zero-order chi connectivity index (χ0) is 23.0. The van der Waals surface area contributed by atoms with Crippen LogP contribution in [0.25, 0.3) is 0 Å². The molecule has 0 unspecified atom stereocenters. The lowest BCUT2D eigenvalue weighted by Gasteiger charge is -2.24. The van der Waals surface area contributed by atoms with Gasteiger partial charge in [-0.2, -0.15) is 0 Å². The highest BCUT2D eigenvalue weighted by Gasteiger charge is 2.36. The number of nitrogens with zero attached hydrogens (tertiary/aromatic N) is 1. The van der Waals surface area contributed by atoms with Crippen molar-refractivity contribution < 1.29 is 22.4 Å². The topological polar surface area (TPSA) is 83.6 Å². The van der Waals surface area contributed by atoms with Gasteiger partial charge >= 0.3 is 0 Å². The number of benzene rings is 3. The van der Waals surface area contributed by atoms with Gasteiger partial charge in [0.25, 0.3) is 15.9 Å². The molecule has 6 nitrogen and oxygen atoms in total. The average molecular weight is 453 g/mol. The molecule has 4 rings (SSSR count). The van der Waals surface area contributed by atoms with E-state index in [-0.39, 0.29) is 22.6 Å². The minimum Gasteiger partial charge on any atom is -0.322 e. The SMILES string of the molecule is CC(=O)c1cccc(NC(=O)c2ccc3c(c2)C[C@H](C)N3S(=O)(=O)c2ccc(F)cc2)c1. The Morgan fingerprint density at radius 3 is 2.41 bits per heavy atom. The van der Waals surface area contributed by atoms with Crippen molar-refractivity contribution in [2.75, 3.05) is 9.62 Å². The molecular formula is C24H21FN2O4S. The standard InChI is InChI=1S/C24H21FN2O4S/c1-15-12-19-13-18(24(29)26-21-5-3-4-17(14-21)16(2)28)6-11-23(19)27(15)32(30,31)22-9-7-20(25)8-10-22/h3-11,13-15H,12H2,1-2H3,(H,26,29)/t15-/m0/s1. The highest BCUT2D eigenvalue weighted by Crippen LogP contribution is 2.37.